The third-order valence-corrected chi connectivity index (χ3v) is 11.1. The Bertz CT molecular complexity index is 3420. The van der Waals surface area contributed by atoms with Gasteiger partial charge in [-0.25, -0.2) is 4.85 Å². The molecule has 11 rings (SSSR count). The fraction of sp³-hybridized carbons (Fsp3) is 0. The molecule has 0 radical (unpaired) electrons. The third kappa shape index (κ3) is 4.33. The lowest BCUT2D eigenvalue weighted by Crippen LogP contribution is -2.00. The number of fused-ring (bicyclic) bond motifs is 9. The van der Waals surface area contributed by atoms with Gasteiger partial charge in [0.05, 0.1) is 62.7 Å². The zero-order valence-electron chi connectivity index (χ0n) is 29.5. The number of hydrogen-bond donors (Lipinski definition) is 0. The standard InChI is InChI=1S/C50H29N5/c1-52-50-39(37-18-5-10-24-44(37)54-45-25-11-6-19-40(45)49-32(31-51)14-12-26-46(49)54)20-13-27-47(50)55-43-23-9-4-17-36(43)38-29-28-33(30-48(38)55)53-41-21-7-2-15-34(41)35-16-3-8-22-42(35)53/h2-30H. The number of aromatic nitrogens is 3. The summed E-state index contributed by atoms with van der Waals surface area (Å²) in [7, 11) is 0. The largest absolute Gasteiger partial charge is 0.319 e. The zero-order chi connectivity index (χ0) is 36.6. The van der Waals surface area contributed by atoms with Gasteiger partial charge < -0.3 is 13.7 Å². The molecule has 0 saturated carbocycles. The van der Waals surface area contributed by atoms with E-state index in [9.17, 15) is 5.26 Å². The molecule has 254 valence electrons. The van der Waals surface area contributed by atoms with Crippen LogP contribution in [0, 0.1) is 17.9 Å². The van der Waals surface area contributed by atoms with Crippen LogP contribution >= 0.6 is 0 Å². The minimum atomic E-state index is 0.568. The molecule has 55 heavy (non-hydrogen) atoms. The maximum atomic E-state index is 10.1. The van der Waals surface area contributed by atoms with E-state index in [0.29, 0.717) is 11.3 Å². The van der Waals surface area contributed by atoms with E-state index in [1.165, 1.54) is 10.8 Å². The van der Waals surface area contributed by atoms with Gasteiger partial charge in [-0.3, -0.25) is 0 Å². The summed E-state index contributed by atoms with van der Waals surface area (Å²) in [6, 6.07) is 63.4. The highest BCUT2D eigenvalue weighted by molar-refractivity contribution is 6.14. The van der Waals surface area contributed by atoms with Gasteiger partial charge in [0.2, 0.25) is 5.69 Å². The van der Waals surface area contributed by atoms with E-state index < -0.39 is 0 Å². The van der Waals surface area contributed by atoms with Gasteiger partial charge in [0.1, 0.15) is 0 Å². The molecule has 3 heterocycles. The highest BCUT2D eigenvalue weighted by Crippen LogP contribution is 2.44. The molecule has 11 aromatic rings. The summed E-state index contributed by atoms with van der Waals surface area (Å²) in [5.41, 5.74) is 12.1. The van der Waals surface area contributed by atoms with Gasteiger partial charge in [0.15, 0.2) is 0 Å². The Hall–Kier alpha value is -7.86. The average molecular weight is 700 g/mol. The van der Waals surface area contributed by atoms with E-state index in [1.807, 2.05) is 36.4 Å². The predicted molar refractivity (Wildman–Crippen MR) is 226 cm³/mol. The van der Waals surface area contributed by atoms with Crippen molar-refractivity contribution in [2.45, 2.75) is 0 Å². The molecule has 0 bridgehead atoms. The van der Waals surface area contributed by atoms with Crippen LogP contribution in [0.25, 0.3) is 98.5 Å². The molecule has 0 unspecified atom stereocenters. The molecule has 0 aliphatic heterocycles. The van der Waals surface area contributed by atoms with E-state index in [4.69, 9.17) is 6.57 Å². The zero-order valence-corrected chi connectivity index (χ0v) is 29.5. The van der Waals surface area contributed by atoms with E-state index in [2.05, 4.69) is 164 Å². The first-order valence-corrected chi connectivity index (χ1v) is 18.3. The quantitative estimate of drug-likeness (QED) is 0.169. The Kier molecular flexibility index (Phi) is 6.61. The summed E-state index contributed by atoms with van der Waals surface area (Å²) in [6.07, 6.45) is 0. The Morgan fingerprint density at radius 2 is 0.909 bits per heavy atom. The number of benzene rings is 8. The van der Waals surface area contributed by atoms with Crippen molar-refractivity contribution in [1.82, 2.24) is 13.7 Å². The normalized spacial score (nSPS) is 11.6. The van der Waals surface area contributed by atoms with Crippen molar-refractivity contribution in [3.8, 4) is 34.3 Å². The summed E-state index contributed by atoms with van der Waals surface area (Å²) in [6.45, 7) is 8.76. The van der Waals surface area contributed by atoms with Gasteiger partial charge in [0.25, 0.3) is 0 Å². The van der Waals surface area contributed by atoms with Gasteiger partial charge in [0, 0.05) is 38.0 Å². The van der Waals surface area contributed by atoms with Crippen LogP contribution in [0.3, 0.4) is 0 Å². The molecular weight excluding hydrogens is 671 g/mol. The molecule has 5 heteroatoms. The lowest BCUT2D eigenvalue weighted by atomic mass is 10.00. The minimum Gasteiger partial charge on any atom is -0.319 e. The molecule has 8 aromatic carbocycles. The molecule has 0 atom stereocenters. The molecule has 0 fully saturated rings. The second-order valence-corrected chi connectivity index (χ2v) is 13.9. The van der Waals surface area contributed by atoms with Crippen molar-refractivity contribution in [2.24, 2.45) is 0 Å². The number of rotatable bonds is 4. The van der Waals surface area contributed by atoms with Crippen molar-refractivity contribution in [2.75, 3.05) is 0 Å². The second kappa shape index (κ2) is 11.8. The highest BCUT2D eigenvalue weighted by Gasteiger charge is 2.22. The van der Waals surface area contributed by atoms with Crippen molar-refractivity contribution < 1.29 is 0 Å². The Balaban J connectivity index is 1.18. The SMILES string of the molecule is [C-]#[N+]c1c(-c2ccccc2-n2c3ccccc3c3c(C#N)cccc32)cccc1-n1c2ccccc2c2ccc(-n3c4ccccc4c4ccccc43)cc21. The smallest absolute Gasteiger partial charge is 0.218 e. The molecule has 0 amide bonds. The Morgan fingerprint density at radius 1 is 0.418 bits per heavy atom. The van der Waals surface area contributed by atoms with Gasteiger partial charge >= 0.3 is 0 Å². The first-order chi connectivity index (χ1) is 27.2. The van der Waals surface area contributed by atoms with Crippen LogP contribution in [-0.2, 0) is 0 Å². The lowest BCUT2D eigenvalue weighted by Gasteiger charge is -2.18. The Labute approximate surface area is 316 Å². The topological polar surface area (TPSA) is 42.9 Å². The van der Waals surface area contributed by atoms with Crippen LogP contribution in [-0.4, -0.2) is 13.7 Å². The first kappa shape index (κ1) is 30.7. The summed E-state index contributed by atoms with van der Waals surface area (Å²) < 4.78 is 6.85. The monoisotopic (exact) mass is 699 g/mol. The Morgan fingerprint density at radius 3 is 1.58 bits per heavy atom. The van der Waals surface area contributed by atoms with Gasteiger partial charge in [-0.2, -0.15) is 5.26 Å². The second-order valence-electron chi connectivity index (χ2n) is 13.9. The molecule has 3 aromatic heterocycles. The molecule has 0 saturated heterocycles. The molecule has 0 spiro atoms. The average Bonchev–Trinajstić information content (AvgIpc) is 3.89. The molecule has 0 N–H and O–H groups in total. The predicted octanol–water partition coefficient (Wildman–Crippen LogP) is 13.1. The molecular formula is C50H29N5. The van der Waals surface area contributed by atoms with Crippen molar-refractivity contribution in [3.05, 3.63) is 193 Å². The van der Waals surface area contributed by atoms with Crippen molar-refractivity contribution in [1.29, 1.82) is 5.26 Å². The van der Waals surface area contributed by atoms with E-state index in [-0.39, 0.29) is 0 Å². The van der Waals surface area contributed by atoms with Crippen LogP contribution in [0.2, 0.25) is 0 Å². The fourth-order valence-corrected chi connectivity index (χ4v) is 8.87. The van der Waals surface area contributed by atoms with Gasteiger partial charge in [-0.15, -0.1) is 0 Å². The minimum absolute atomic E-state index is 0.568. The van der Waals surface area contributed by atoms with Crippen LogP contribution < -0.4 is 0 Å². The molecule has 0 aliphatic carbocycles. The summed E-state index contributed by atoms with van der Waals surface area (Å²) in [5.74, 6) is 0. The maximum Gasteiger partial charge on any atom is 0.218 e. The van der Waals surface area contributed by atoms with Crippen molar-refractivity contribution in [3.63, 3.8) is 0 Å². The van der Waals surface area contributed by atoms with Crippen LogP contribution in [0.1, 0.15) is 5.56 Å². The van der Waals surface area contributed by atoms with Crippen LogP contribution in [0.5, 0.6) is 0 Å². The number of hydrogen-bond acceptors (Lipinski definition) is 1. The molecule has 0 aliphatic rings. The maximum absolute atomic E-state index is 10.1. The number of para-hydroxylation sites is 6. The van der Waals surface area contributed by atoms with Crippen LogP contribution in [0.15, 0.2) is 176 Å². The number of nitrogens with zero attached hydrogens (tertiary/aromatic N) is 5. The van der Waals surface area contributed by atoms with Crippen LogP contribution in [0.4, 0.5) is 5.69 Å². The fourth-order valence-electron chi connectivity index (χ4n) is 8.87. The lowest BCUT2D eigenvalue weighted by molar-refractivity contribution is 1.16. The highest BCUT2D eigenvalue weighted by atomic mass is 15.0. The summed E-state index contributed by atoms with van der Waals surface area (Å²) in [4.78, 5) is 4.32. The van der Waals surface area contributed by atoms with Gasteiger partial charge in [-0.1, -0.05) is 115 Å². The van der Waals surface area contributed by atoms with E-state index >= 15 is 0 Å². The van der Waals surface area contributed by atoms with Crippen molar-refractivity contribution >= 4 is 71.1 Å². The van der Waals surface area contributed by atoms with Gasteiger partial charge in [-0.05, 0) is 71.8 Å². The summed E-state index contributed by atoms with van der Waals surface area (Å²) in [5, 5.41) is 16.8. The first-order valence-electron chi connectivity index (χ1n) is 18.3. The van der Waals surface area contributed by atoms with E-state index in [0.717, 1.165) is 82.8 Å². The number of nitriles is 1. The summed E-state index contributed by atoms with van der Waals surface area (Å²) >= 11 is 0. The molecule has 5 nitrogen and oxygen atoms in total. The third-order valence-electron chi connectivity index (χ3n) is 11.1. The van der Waals surface area contributed by atoms with E-state index in [1.54, 1.807) is 0 Å².